The lowest BCUT2D eigenvalue weighted by Crippen LogP contribution is -2.25. The van der Waals surface area contributed by atoms with Crippen molar-refractivity contribution in [3.8, 4) is 0 Å². The van der Waals surface area contributed by atoms with Crippen molar-refractivity contribution in [3.05, 3.63) is 54.0 Å². The van der Waals surface area contributed by atoms with E-state index in [9.17, 15) is 13.2 Å². The van der Waals surface area contributed by atoms with Gasteiger partial charge < -0.3 is 9.73 Å². The van der Waals surface area contributed by atoms with Gasteiger partial charge >= 0.3 is 0 Å². The van der Waals surface area contributed by atoms with E-state index in [0.29, 0.717) is 35.7 Å². The first-order chi connectivity index (χ1) is 13.4. The monoisotopic (exact) mass is 400 g/mol. The van der Waals surface area contributed by atoms with Crippen molar-refractivity contribution in [2.45, 2.75) is 37.0 Å². The molecule has 1 aromatic carbocycles. The summed E-state index contributed by atoms with van der Waals surface area (Å²) in [4.78, 5) is 12.3. The summed E-state index contributed by atoms with van der Waals surface area (Å²) in [5.41, 5.74) is 0.530. The van der Waals surface area contributed by atoms with Crippen molar-refractivity contribution in [3.63, 3.8) is 0 Å². The predicted molar refractivity (Wildman–Crippen MR) is 107 cm³/mol. The van der Waals surface area contributed by atoms with E-state index in [1.54, 1.807) is 18.2 Å². The van der Waals surface area contributed by atoms with Crippen molar-refractivity contribution < 1.29 is 17.6 Å². The first-order valence-corrected chi connectivity index (χ1v) is 11.1. The Balaban J connectivity index is 1.32. The third kappa shape index (κ3) is 4.72. The first-order valence-electron chi connectivity index (χ1n) is 9.59. The maximum Gasteiger partial charge on any atom is 0.248 e. The molecule has 0 saturated heterocycles. The van der Waals surface area contributed by atoms with Gasteiger partial charge in [-0.1, -0.05) is 6.92 Å². The molecule has 0 bridgehead atoms. The highest BCUT2D eigenvalue weighted by molar-refractivity contribution is 7.89. The SMILES string of the molecule is CC1CC1c1ccc(C=CC(=O)Nc2ccc(S(=O)(=O)NCC3CC3)cc2)o1. The van der Waals surface area contributed by atoms with E-state index in [4.69, 9.17) is 4.42 Å². The van der Waals surface area contributed by atoms with Crippen LogP contribution in [0.2, 0.25) is 0 Å². The minimum atomic E-state index is -3.50. The summed E-state index contributed by atoms with van der Waals surface area (Å²) in [6.07, 6.45) is 6.35. The van der Waals surface area contributed by atoms with Gasteiger partial charge in [0.2, 0.25) is 15.9 Å². The Hall–Kier alpha value is -2.38. The van der Waals surface area contributed by atoms with Crippen LogP contribution in [0.1, 0.15) is 43.6 Å². The molecule has 1 aromatic heterocycles. The van der Waals surface area contributed by atoms with Crippen LogP contribution in [0.3, 0.4) is 0 Å². The minimum Gasteiger partial charge on any atom is -0.461 e. The molecule has 148 valence electrons. The molecule has 2 unspecified atom stereocenters. The molecule has 4 rings (SSSR count). The fourth-order valence-electron chi connectivity index (χ4n) is 3.07. The second-order valence-corrected chi connectivity index (χ2v) is 9.47. The maximum absolute atomic E-state index is 12.2. The van der Waals surface area contributed by atoms with Crippen molar-refractivity contribution >= 4 is 27.7 Å². The number of furan rings is 1. The first kappa shape index (κ1) is 19.0. The fourth-order valence-corrected chi connectivity index (χ4v) is 4.18. The molecule has 2 N–H and O–H groups in total. The molecule has 2 fully saturated rings. The summed E-state index contributed by atoms with van der Waals surface area (Å²) in [5.74, 6) is 2.96. The summed E-state index contributed by atoms with van der Waals surface area (Å²) in [5, 5.41) is 2.72. The Labute approximate surface area is 165 Å². The van der Waals surface area contributed by atoms with E-state index in [2.05, 4.69) is 17.0 Å². The van der Waals surface area contributed by atoms with Gasteiger partial charge in [-0.15, -0.1) is 0 Å². The number of carbonyl (C=O) groups is 1. The zero-order valence-electron chi connectivity index (χ0n) is 15.7. The molecule has 1 amide bonds. The molecule has 0 radical (unpaired) electrons. The fraction of sp³-hybridized carbons (Fsp3) is 0.381. The summed E-state index contributed by atoms with van der Waals surface area (Å²) in [6, 6.07) is 9.96. The lowest BCUT2D eigenvalue weighted by molar-refractivity contribution is -0.111. The number of sulfonamides is 1. The van der Waals surface area contributed by atoms with Crippen LogP contribution in [0.5, 0.6) is 0 Å². The van der Waals surface area contributed by atoms with Crippen molar-refractivity contribution in [2.24, 2.45) is 11.8 Å². The molecule has 2 atom stereocenters. The third-order valence-electron chi connectivity index (χ3n) is 5.21. The van der Waals surface area contributed by atoms with Gasteiger partial charge in [-0.3, -0.25) is 4.79 Å². The number of nitrogens with one attached hydrogen (secondary N) is 2. The highest BCUT2D eigenvalue weighted by atomic mass is 32.2. The average Bonchev–Trinajstić information content (AvgIpc) is 3.58. The van der Waals surface area contributed by atoms with E-state index in [1.165, 1.54) is 18.2 Å². The standard InChI is InChI=1S/C21H24N2O4S/c1-14-12-19(14)20-10-6-17(27-20)7-11-21(24)23-16-4-8-18(9-5-16)28(25,26)22-13-15-2-3-15/h4-11,14-15,19,22H,2-3,12-13H2,1H3,(H,23,24). The Morgan fingerprint density at radius 2 is 1.89 bits per heavy atom. The molecule has 2 aromatic rings. The van der Waals surface area contributed by atoms with Crippen LogP contribution >= 0.6 is 0 Å². The van der Waals surface area contributed by atoms with Gasteiger partial charge in [0.15, 0.2) is 0 Å². The number of rotatable bonds is 8. The van der Waals surface area contributed by atoms with E-state index >= 15 is 0 Å². The van der Waals surface area contributed by atoms with E-state index in [1.807, 2.05) is 12.1 Å². The number of anilines is 1. The van der Waals surface area contributed by atoms with E-state index in [0.717, 1.165) is 25.0 Å². The van der Waals surface area contributed by atoms with Gasteiger partial charge in [-0.25, -0.2) is 13.1 Å². The van der Waals surface area contributed by atoms with Crippen LogP contribution in [0.25, 0.3) is 6.08 Å². The van der Waals surface area contributed by atoms with Crippen LogP contribution in [-0.4, -0.2) is 20.9 Å². The molecule has 2 saturated carbocycles. The Bertz CT molecular complexity index is 988. The normalized spacial score (nSPS) is 21.8. The zero-order chi connectivity index (χ0) is 19.7. The van der Waals surface area contributed by atoms with Crippen molar-refractivity contribution in [1.82, 2.24) is 4.72 Å². The Kier molecular flexibility index (Phi) is 5.12. The van der Waals surface area contributed by atoms with Crippen molar-refractivity contribution in [2.75, 3.05) is 11.9 Å². The molecule has 28 heavy (non-hydrogen) atoms. The van der Waals surface area contributed by atoms with Gasteiger partial charge in [0.05, 0.1) is 4.90 Å². The van der Waals surface area contributed by atoms with Crippen molar-refractivity contribution in [1.29, 1.82) is 0 Å². The lowest BCUT2D eigenvalue weighted by Gasteiger charge is -2.07. The van der Waals surface area contributed by atoms with Crippen LogP contribution in [0.4, 0.5) is 5.69 Å². The lowest BCUT2D eigenvalue weighted by atomic mass is 10.3. The second-order valence-electron chi connectivity index (χ2n) is 7.70. The molecule has 2 aliphatic rings. The molecule has 7 heteroatoms. The summed E-state index contributed by atoms with van der Waals surface area (Å²) in [7, 11) is -3.50. The van der Waals surface area contributed by atoms with Gasteiger partial charge in [-0.05, 0) is 73.6 Å². The predicted octanol–water partition coefficient (Wildman–Crippen LogP) is 3.74. The Morgan fingerprint density at radius 3 is 2.54 bits per heavy atom. The molecule has 0 aliphatic heterocycles. The highest BCUT2D eigenvalue weighted by Gasteiger charge is 2.36. The Morgan fingerprint density at radius 1 is 1.18 bits per heavy atom. The summed E-state index contributed by atoms with van der Waals surface area (Å²) in [6.45, 7) is 2.68. The van der Waals surface area contributed by atoms with Crippen LogP contribution in [0.15, 0.2) is 51.8 Å². The van der Waals surface area contributed by atoms with E-state index < -0.39 is 10.0 Å². The average molecular weight is 401 g/mol. The molecular weight excluding hydrogens is 376 g/mol. The highest BCUT2D eigenvalue weighted by Crippen LogP contribution is 2.47. The molecule has 1 heterocycles. The van der Waals surface area contributed by atoms with E-state index in [-0.39, 0.29) is 10.8 Å². The molecular formula is C21H24N2O4S. The summed E-state index contributed by atoms with van der Waals surface area (Å²) < 4.78 is 32.8. The number of carbonyl (C=O) groups excluding carboxylic acids is 1. The maximum atomic E-state index is 12.2. The third-order valence-corrected chi connectivity index (χ3v) is 6.65. The van der Waals surface area contributed by atoms with Gasteiger partial charge in [0.1, 0.15) is 11.5 Å². The van der Waals surface area contributed by atoms with Gasteiger partial charge in [0.25, 0.3) is 0 Å². The largest absolute Gasteiger partial charge is 0.461 e. The number of hydrogen-bond donors (Lipinski definition) is 2. The van der Waals surface area contributed by atoms with Crippen LogP contribution < -0.4 is 10.0 Å². The minimum absolute atomic E-state index is 0.194. The number of hydrogen-bond acceptors (Lipinski definition) is 4. The molecule has 2 aliphatic carbocycles. The summed E-state index contributed by atoms with van der Waals surface area (Å²) >= 11 is 0. The zero-order valence-corrected chi connectivity index (χ0v) is 16.5. The van der Waals surface area contributed by atoms with Gasteiger partial charge in [0, 0.05) is 24.2 Å². The van der Waals surface area contributed by atoms with Crippen LogP contribution in [-0.2, 0) is 14.8 Å². The number of benzene rings is 1. The van der Waals surface area contributed by atoms with Crippen LogP contribution in [0, 0.1) is 11.8 Å². The number of amides is 1. The van der Waals surface area contributed by atoms with Gasteiger partial charge in [-0.2, -0.15) is 0 Å². The topological polar surface area (TPSA) is 88.4 Å². The molecule has 6 nitrogen and oxygen atoms in total. The molecule has 0 spiro atoms. The smallest absolute Gasteiger partial charge is 0.248 e. The quantitative estimate of drug-likeness (QED) is 0.661. The second kappa shape index (κ2) is 7.56.